The Kier molecular flexibility index (Phi) is 5.63. The first-order valence-electron chi connectivity index (χ1n) is 6.36. The quantitative estimate of drug-likeness (QED) is 0.738. The topological polar surface area (TPSA) is 76.4 Å². The van der Waals surface area contributed by atoms with Gasteiger partial charge in [0.1, 0.15) is 5.75 Å². The van der Waals surface area contributed by atoms with Crippen molar-refractivity contribution < 1.29 is 9.53 Å². The van der Waals surface area contributed by atoms with E-state index in [4.69, 9.17) is 10.5 Å². The molecule has 0 aliphatic carbocycles. The van der Waals surface area contributed by atoms with E-state index >= 15 is 0 Å². The third kappa shape index (κ3) is 5.18. The van der Waals surface area contributed by atoms with Crippen LogP contribution in [0.3, 0.4) is 0 Å². The van der Waals surface area contributed by atoms with Crippen molar-refractivity contribution in [2.24, 2.45) is 11.1 Å². The summed E-state index contributed by atoms with van der Waals surface area (Å²) in [5, 5.41) is 5.62. The molecule has 0 radical (unpaired) electrons. The standard InChI is InChI=1S/C14H23N3O2/c1-14(2,8-9-15)10-16-13(18)17-11-6-4-5-7-12(11)19-3/h4-7H,8-10,15H2,1-3H3,(H2,16,17,18). The highest BCUT2D eigenvalue weighted by Crippen LogP contribution is 2.23. The van der Waals surface area contributed by atoms with Crippen LogP contribution < -0.4 is 21.1 Å². The van der Waals surface area contributed by atoms with Gasteiger partial charge in [-0.2, -0.15) is 0 Å². The van der Waals surface area contributed by atoms with Gasteiger partial charge in [-0.15, -0.1) is 0 Å². The van der Waals surface area contributed by atoms with E-state index < -0.39 is 0 Å². The van der Waals surface area contributed by atoms with Crippen molar-refractivity contribution in [3.8, 4) is 5.75 Å². The van der Waals surface area contributed by atoms with Gasteiger partial charge < -0.3 is 21.1 Å². The average Bonchev–Trinajstić information content (AvgIpc) is 2.37. The number of carbonyl (C=O) groups is 1. The molecule has 5 heteroatoms. The maximum Gasteiger partial charge on any atom is 0.319 e. The van der Waals surface area contributed by atoms with E-state index in [-0.39, 0.29) is 11.4 Å². The van der Waals surface area contributed by atoms with Crippen LogP contribution in [0.5, 0.6) is 5.75 Å². The van der Waals surface area contributed by atoms with Crippen LogP contribution in [-0.2, 0) is 0 Å². The lowest BCUT2D eigenvalue weighted by molar-refractivity contribution is 0.243. The largest absolute Gasteiger partial charge is 0.495 e. The van der Waals surface area contributed by atoms with Gasteiger partial charge in [-0.1, -0.05) is 26.0 Å². The molecule has 1 aromatic carbocycles. The van der Waals surface area contributed by atoms with Gasteiger partial charge in [0.2, 0.25) is 0 Å². The summed E-state index contributed by atoms with van der Waals surface area (Å²) in [6.07, 6.45) is 0.863. The van der Waals surface area contributed by atoms with E-state index in [2.05, 4.69) is 24.5 Å². The zero-order valence-electron chi connectivity index (χ0n) is 11.8. The number of rotatable bonds is 6. The fourth-order valence-corrected chi connectivity index (χ4v) is 1.71. The van der Waals surface area contributed by atoms with Gasteiger partial charge in [-0.25, -0.2) is 4.79 Å². The van der Waals surface area contributed by atoms with Crippen LogP contribution in [0.25, 0.3) is 0 Å². The number of methoxy groups -OCH3 is 1. The molecular formula is C14H23N3O2. The van der Waals surface area contributed by atoms with Crippen LogP contribution in [-0.4, -0.2) is 26.2 Å². The van der Waals surface area contributed by atoms with Gasteiger partial charge >= 0.3 is 6.03 Å². The van der Waals surface area contributed by atoms with E-state index in [0.29, 0.717) is 24.5 Å². The number of para-hydroxylation sites is 2. The zero-order valence-corrected chi connectivity index (χ0v) is 11.8. The lowest BCUT2D eigenvalue weighted by atomic mass is 9.89. The summed E-state index contributed by atoms with van der Waals surface area (Å²) in [6.45, 7) is 5.33. The van der Waals surface area contributed by atoms with Crippen LogP contribution in [0.1, 0.15) is 20.3 Å². The number of hydrogen-bond acceptors (Lipinski definition) is 3. The Morgan fingerprint density at radius 2 is 2.05 bits per heavy atom. The van der Waals surface area contributed by atoms with E-state index in [9.17, 15) is 4.79 Å². The fourth-order valence-electron chi connectivity index (χ4n) is 1.71. The average molecular weight is 265 g/mol. The third-order valence-corrected chi connectivity index (χ3v) is 2.90. The lowest BCUT2D eigenvalue weighted by Gasteiger charge is -2.24. The number of anilines is 1. The van der Waals surface area contributed by atoms with Crippen LogP contribution in [0.4, 0.5) is 10.5 Å². The highest BCUT2D eigenvalue weighted by molar-refractivity contribution is 5.90. The molecule has 0 atom stereocenters. The second kappa shape index (κ2) is 6.99. The molecule has 0 bridgehead atoms. The molecule has 2 amide bonds. The van der Waals surface area contributed by atoms with Gasteiger partial charge in [0.05, 0.1) is 12.8 Å². The highest BCUT2D eigenvalue weighted by Gasteiger charge is 2.18. The normalized spacial score (nSPS) is 10.9. The summed E-state index contributed by atoms with van der Waals surface area (Å²) >= 11 is 0. The van der Waals surface area contributed by atoms with Crippen molar-refractivity contribution in [2.45, 2.75) is 20.3 Å². The predicted molar refractivity (Wildman–Crippen MR) is 77.5 cm³/mol. The van der Waals surface area contributed by atoms with Crippen molar-refractivity contribution in [3.05, 3.63) is 24.3 Å². The Balaban J connectivity index is 2.52. The summed E-state index contributed by atoms with van der Waals surface area (Å²) in [5.74, 6) is 0.638. The molecule has 1 aromatic rings. The fraction of sp³-hybridized carbons (Fsp3) is 0.500. The number of ether oxygens (including phenoxy) is 1. The first-order chi connectivity index (χ1) is 8.98. The van der Waals surface area contributed by atoms with Gasteiger partial charge in [0.25, 0.3) is 0 Å². The minimum atomic E-state index is -0.241. The number of hydrogen-bond donors (Lipinski definition) is 3. The Morgan fingerprint density at radius 1 is 1.37 bits per heavy atom. The van der Waals surface area contributed by atoms with E-state index in [1.807, 2.05) is 12.1 Å². The minimum absolute atomic E-state index is 0.00708. The summed E-state index contributed by atoms with van der Waals surface area (Å²) in [7, 11) is 1.57. The second-order valence-corrected chi connectivity index (χ2v) is 5.21. The van der Waals surface area contributed by atoms with Crippen molar-refractivity contribution in [3.63, 3.8) is 0 Å². The monoisotopic (exact) mass is 265 g/mol. The van der Waals surface area contributed by atoms with Gasteiger partial charge in [-0.05, 0) is 30.5 Å². The SMILES string of the molecule is COc1ccccc1NC(=O)NCC(C)(C)CCN. The summed E-state index contributed by atoms with van der Waals surface area (Å²) in [4.78, 5) is 11.8. The van der Waals surface area contributed by atoms with Crippen LogP contribution >= 0.6 is 0 Å². The van der Waals surface area contributed by atoms with Crippen molar-refractivity contribution in [2.75, 3.05) is 25.5 Å². The van der Waals surface area contributed by atoms with E-state index in [0.717, 1.165) is 6.42 Å². The Morgan fingerprint density at radius 3 is 2.68 bits per heavy atom. The number of benzene rings is 1. The number of nitrogens with two attached hydrogens (primary N) is 1. The molecule has 19 heavy (non-hydrogen) atoms. The number of amides is 2. The molecule has 0 saturated carbocycles. The Labute approximate surface area is 114 Å². The van der Waals surface area contributed by atoms with Crippen molar-refractivity contribution >= 4 is 11.7 Å². The van der Waals surface area contributed by atoms with Crippen LogP contribution in [0, 0.1) is 5.41 Å². The first kappa shape index (κ1) is 15.3. The number of urea groups is 1. The number of carbonyl (C=O) groups excluding carboxylic acids is 1. The molecule has 4 N–H and O–H groups in total. The maximum atomic E-state index is 11.8. The molecule has 0 fully saturated rings. The molecule has 1 rings (SSSR count). The van der Waals surface area contributed by atoms with Gasteiger partial charge in [-0.3, -0.25) is 0 Å². The van der Waals surface area contributed by atoms with E-state index in [1.165, 1.54) is 0 Å². The van der Waals surface area contributed by atoms with Crippen LogP contribution in [0.2, 0.25) is 0 Å². The number of nitrogens with one attached hydrogen (secondary N) is 2. The summed E-state index contributed by atoms with van der Waals surface area (Å²) < 4.78 is 5.17. The summed E-state index contributed by atoms with van der Waals surface area (Å²) in [6, 6.07) is 7.05. The second-order valence-electron chi connectivity index (χ2n) is 5.21. The molecule has 5 nitrogen and oxygen atoms in total. The Bertz CT molecular complexity index is 419. The molecule has 0 aromatic heterocycles. The summed E-state index contributed by atoms with van der Waals surface area (Å²) in [5.41, 5.74) is 6.18. The molecule has 0 spiro atoms. The third-order valence-electron chi connectivity index (χ3n) is 2.90. The highest BCUT2D eigenvalue weighted by atomic mass is 16.5. The molecule has 0 saturated heterocycles. The zero-order chi connectivity index (χ0) is 14.3. The maximum absolute atomic E-state index is 11.8. The first-order valence-corrected chi connectivity index (χ1v) is 6.36. The minimum Gasteiger partial charge on any atom is -0.495 e. The molecule has 0 aliphatic heterocycles. The lowest BCUT2D eigenvalue weighted by Crippen LogP contribution is -2.37. The Hall–Kier alpha value is -1.75. The van der Waals surface area contributed by atoms with Crippen molar-refractivity contribution in [1.29, 1.82) is 0 Å². The van der Waals surface area contributed by atoms with Gasteiger partial charge in [0, 0.05) is 6.54 Å². The molecule has 0 unspecified atom stereocenters. The molecule has 0 aliphatic rings. The molecule has 0 heterocycles. The van der Waals surface area contributed by atoms with Crippen LogP contribution in [0.15, 0.2) is 24.3 Å². The van der Waals surface area contributed by atoms with Gasteiger partial charge in [0.15, 0.2) is 0 Å². The molecular weight excluding hydrogens is 242 g/mol. The van der Waals surface area contributed by atoms with Crippen molar-refractivity contribution in [1.82, 2.24) is 5.32 Å². The van der Waals surface area contributed by atoms with E-state index in [1.54, 1.807) is 19.2 Å². The smallest absolute Gasteiger partial charge is 0.319 e. The predicted octanol–water partition coefficient (Wildman–Crippen LogP) is 2.19. The molecule has 106 valence electrons.